The molecule has 0 saturated carbocycles. The summed E-state index contributed by atoms with van der Waals surface area (Å²) in [7, 11) is 0. The van der Waals surface area contributed by atoms with Gasteiger partial charge in [-0.05, 0) is 24.6 Å². The fourth-order valence-corrected chi connectivity index (χ4v) is 1.41. The fraction of sp³-hybridized carbons (Fsp3) is 0.182. The highest BCUT2D eigenvalue weighted by Crippen LogP contribution is 2.18. The van der Waals surface area contributed by atoms with Gasteiger partial charge in [0.15, 0.2) is 0 Å². The number of halogens is 1. The van der Waals surface area contributed by atoms with Crippen LogP contribution in [0.3, 0.4) is 0 Å². The number of ether oxygens (including phenoxy) is 1. The van der Waals surface area contributed by atoms with E-state index >= 15 is 0 Å². The van der Waals surface area contributed by atoms with Crippen molar-refractivity contribution >= 4 is 27.5 Å². The number of carbonyl (C=O) groups excluding carboxylic acids is 1. The maximum Gasteiger partial charge on any atom is 0.338 e. The first kappa shape index (κ1) is 11.0. The van der Waals surface area contributed by atoms with Crippen LogP contribution >= 0.6 is 15.9 Å². The van der Waals surface area contributed by atoms with Crippen molar-refractivity contribution in [3.05, 3.63) is 40.9 Å². The molecule has 0 bridgehead atoms. The van der Waals surface area contributed by atoms with Crippen LogP contribution in [0.1, 0.15) is 12.5 Å². The van der Waals surface area contributed by atoms with Crippen molar-refractivity contribution in [1.29, 1.82) is 0 Å². The van der Waals surface area contributed by atoms with Crippen LogP contribution in [-0.2, 0) is 9.53 Å². The Kier molecular flexibility index (Phi) is 3.89. The van der Waals surface area contributed by atoms with Gasteiger partial charge in [-0.3, -0.25) is 0 Å². The molecule has 0 aliphatic heterocycles. The van der Waals surface area contributed by atoms with Crippen LogP contribution in [0.25, 0.3) is 5.57 Å². The lowest BCUT2D eigenvalue weighted by Gasteiger charge is -2.05. The van der Waals surface area contributed by atoms with Crippen LogP contribution in [0.5, 0.6) is 0 Å². The van der Waals surface area contributed by atoms with Gasteiger partial charge in [0.1, 0.15) is 0 Å². The Morgan fingerprint density at radius 2 is 2.29 bits per heavy atom. The molecule has 0 unspecified atom stereocenters. The first-order valence-electron chi connectivity index (χ1n) is 4.27. The summed E-state index contributed by atoms with van der Waals surface area (Å²) in [6, 6.07) is 7.40. The zero-order valence-corrected chi connectivity index (χ0v) is 9.50. The number of carbonyl (C=O) groups is 1. The number of hydrogen-bond donors (Lipinski definition) is 0. The zero-order chi connectivity index (χ0) is 10.6. The molecule has 0 atom stereocenters. The molecule has 0 N–H and O–H groups in total. The lowest BCUT2D eigenvalue weighted by atomic mass is 10.1. The second-order valence-electron chi connectivity index (χ2n) is 2.71. The summed E-state index contributed by atoms with van der Waals surface area (Å²) in [6.07, 6.45) is 0. The molecule has 0 saturated heterocycles. The quantitative estimate of drug-likeness (QED) is 0.613. The highest BCUT2D eigenvalue weighted by atomic mass is 79.9. The minimum atomic E-state index is -0.370. The first-order chi connectivity index (χ1) is 6.65. The molecule has 0 amide bonds. The van der Waals surface area contributed by atoms with Gasteiger partial charge in [0, 0.05) is 4.47 Å². The van der Waals surface area contributed by atoms with Gasteiger partial charge in [0.25, 0.3) is 0 Å². The lowest BCUT2D eigenvalue weighted by Crippen LogP contribution is -2.05. The van der Waals surface area contributed by atoms with Crippen molar-refractivity contribution in [2.75, 3.05) is 6.61 Å². The Balaban J connectivity index is 2.84. The normalized spacial score (nSPS) is 9.57. The molecule has 2 nitrogen and oxygen atoms in total. The van der Waals surface area contributed by atoms with Gasteiger partial charge < -0.3 is 4.74 Å². The molecule has 1 aromatic carbocycles. The van der Waals surface area contributed by atoms with Crippen LogP contribution < -0.4 is 0 Å². The van der Waals surface area contributed by atoms with Gasteiger partial charge in [-0.1, -0.05) is 34.6 Å². The van der Waals surface area contributed by atoms with Crippen molar-refractivity contribution in [2.45, 2.75) is 6.92 Å². The van der Waals surface area contributed by atoms with Crippen LogP contribution in [0.15, 0.2) is 35.3 Å². The van der Waals surface area contributed by atoms with Crippen LogP contribution in [0, 0.1) is 0 Å². The average molecular weight is 255 g/mol. The highest BCUT2D eigenvalue weighted by Gasteiger charge is 2.09. The predicted molar refractivity (Wildman–Crippen MR) is 59.8 cm³/mol. The van der Waals surface area contributed by atoms with E-state index in [0.29, 0.717) is 12.2 Å². The van der Waals surface area contributed by atoms with Crippen molar-refractivity contribution in [3.63, 3.8) is 0 Å². The first-order valence-corrected chi connectivity index (χ1v) is 5.06. The third-order valence-corrected chi connectivity index (χ3v) is 2.19. The summed E-state index contributed by atoms with van der Waals surface area (Å²) in [5.41, 5.74) is 1.16. The molecule has 0 aliphatic carbocycles. The summed E-state index contributed by atoms with van der Waals surface area (Å²) in [4.78, 5) is 11.3. The second kappa shape index (κ2) is 4.96. The van der Waals surface area contributed by atoms with Crippen molar-refractivity contribution < 1.29 is 9.53 Å². The Morgan fingerprint density at radius 1 is 1.57 bits per heavy atom. The van der Waals surface area contributed by atoms with E-state index < -0.39 is 0 Å². The van der Waals surface area contributed by atoms with E-state index in [0.717, 1.165) is 10.0 Å². The Hall–Kier alpha value is -1.09. The van der Waals surface area contributed by atoms with Gasteiger partial charge in [0.05, 0.1) is 12.2 Å². The topological polar surface area (TPSA) is 26.3 Å². The fourth-order valence-electron chi connectivity index (χ4n) is 1.01. The molecular weight excluding hydrogens is 244 g/mol. The lowest BCUT2D eigenvalue weighted by molar-refractivity contribution is -0.136. The number of hydrogen-bond acceptors (Lipinski definition) is 2. The molecule has 3 heteroatoms. The third kappa shape index (κ3) is 2.70. The largest absolute Gasteiger partial charge is 0.462 e. The Labute approximate surface area is 91.7 Å². The highest BCUT2D eigenvalue weighted by molar-refractivity contribution is 9.10. The van der Waals surface area contributed by atoms with Crippen molar-refractivity contribution in [2.24, 2.45) is 0 Å². The van der Waals surface area contributed by atoms with Crippen molar-refractivity contribution in [3.8, 4) is 0 Å². The summed E-state index contributed by atoms with van der Waals surface area (Å²) in [5, 5.41) is 0. The second-order valence-corrected chi connectivity index (χ2v) is 3.63. The van der Waals surface area contributed by atoms with Gasteiger partial charge in [-0.15, -0.1) is 0 Å². The summed E-state index contributed by atoms with van der Waals surface area (Å²) < 4.78 is 5.76. The zero-order valence-electron chi connectivity index (χ0n) is 7.92. The van der Waals surface area contributed by atoms with Gasteiger partial charge in [-0.2, -0.15) is 0 Å². The number of benzene rings is 1. The monoisotopic (exact) mass is 254 g/mol. The Bertz CT molecular complexity index is 358. The molecule has 74 valence electrons. The summed E-state index contributed by atoms with van der Waals surface area (Å²) in [6.45, 7) is 5.83. The summed E-state index contributed by atoms with van der Waals surface area (Å²) >= 11 is 3.33. The average Bonchev–Trinajstić information content (AvgIpc) is 2.17. The molecule has 14 heavy (non-hydrogen) atoms. The van der Waals surface area contributed by atoms with E-state index in [1.807, 2.05) is 24.3 Å². The molecule has 0 fully saturated rings. The predicted octanol–water partition coefficient (Wildman–Crippen LogP) is 3.03. The van der Waals surface area contributed by atoms with Crippen LogP contribution in [0.4, 0.5) is 0 Å². The molecule has 0 aromatic heterocycles. The third-order valence-electron chi connectivity index (χ3n) is 1.69. The smallest absolute Gasteiger partial charge is 0.338 e. The SMILES string of the molecule is C=C(C(=O)OCC)c1cccc(Br)c1. The van der Waals surface area contributed by atoms with E-state index in [1.54, 1.807) is 6.92 Å². The van der Waals surface area contributed by atoms with E-state index in [-0.39, 0.29) is 5.97 Å². The molecule has 0 heterocycles. The number of esters is 1. The Morgan fingerprint density at radius 3 is 2.86 bits per heavy atom. The molecule has 1 aromatic rings. The molecule has 0 radical (unpaired) electrons. The minimum absolute atomic E-state index is 0.367. The van der Waals surface area contributed by atoms with E-state index in [2.05, 4.69) is 22.5 Å². The van der Waals surface area contributed by atoms with Crippen molar-refractivity contribution in [1.82, 2.24) is 0 Å². The van der Waals surface area contributed by atoms with Gasteiger partial charge in [0.2, 0.25) is 0 Å². The maximum atomic E-state index is 11.3. The van der Waals surface area contributed by atoms with Gasteiger partial charge in [-0.25, -0.2) is 4.79 Å². The van der Waals surface area contributed by atoms with E-state index in [1.165, 1.54) is 0 Å². The maximum absolute atomic E-state index is 11.3. The van der Waals surface area contributed by atoms with Crippen LogP contribution in [-0.4, -0.2) is 12.6 Å². The standard InChI is InChI=1S/C11H11BrO2/c1-3-14-11(13)8(2)9-5-4-6-10(12)7-9/h4-7H,2-3H2,1H3. The molecule has 0 spiro atoms. The molecular formula is C11H11BrO2. The summed E-state index contributed by atoms with van der Waals surface area (Å²) in [5.74, 6) is -0.370. The van der Waals surface area contributed by atoms with E-state index in [4.69, 9.17) is 4.74 Å². The van der Waals surface area contributed by atoms with E-state index in [9.17, 15) is 4.79 Å². The molecule has 0 aliphatic rings. The molecule has 1 rings (SSSR count). The van der Waals surface area contributed by atoms with Gasteiger partial charge >= 0.3 is 5.97 Å². The van der Waals surface area contributed by atoms with Crippen LogP contribution in [0.2, 0.25) is 0 Å². The number of rotatable bonds is 3. The minimum Gasteiger partial charge on any atom is -0.462 e.